The van der Waals surface area contributed by atoms with E-state index in [-0.39, 0.29) is 28.6 Å². The van der Waals surface area contributed by atoms with E-state index in [0.29, 0.717) is 24.1 Å². The largest absolute Gasteiger partial charge is 0.516 e. The Morgan fingerprint density at radius 2 is 2.00 bits per heavy atom. The zero-order chi connectivity index (χ0) is 22.8. The van der Waals surface area contributed by atoms with Crippen LogP contribution in [-0.4, -0.2) is 36.2 Å². The van der Waals surface area contributed by atoms with E-state index in [4.69, 9.17) is 0 Å². The van der Waals surface area contributed by atoms with Crippen molar-refractivity contribution in [1.82, 2.24) is 10.2 Å². The molecule has 1 unspecified atom stereocenters. The SMILES string of the molecule is CCC(CC)N1c2ccc(N=Nc3nncs3)c(NS(=O)(=O)C(F)(F)F)c2CCC1C. The molecule has 1 aromatic carbocycles. The molecule has 1 aliphatic rings. The first kappa shape index (κ1) is 23.4. The fourth-order valence-electron chi connectivity index (χ4n) is 3.78. The predicted molar refractivity (Wildman–Crippen MR) is 114 cm³/mol. The molecule has 8 nitrogen and oxygen atoms in total. The number of sulfonamides is 1. The molecule has 13 heteroatoms. The quantitative estimate of drug-likeness (QED) is 0.529. The van der Waals surface area contributed by atoms with Gasteiger partial charge in [0.1, 0.15) is 11.2 Å². The first-order valence-electron chi connectivity index (χ1n) is 9.80. The zero-order valence-electron chi connectivity index (χ0n) is 17.2. The Bertz CT molecular complexity index is 1040. The number of benzene rings is 1. The summed E-state index contributed by atoms with van der Waals surface area (Å²) in [5.74, 6) is 0. The summed E-state index contributed by atoms with van der Waals surface area (Å²) in [6.07, 6.45) is 2.77. The smallest absolute Gasteiger partial charge is 0.366 e. The summed E-state index contributed by atoms with van der Waals surface area (Å²) >= 11 is 1.10. The first-order chi connectivity index (χ1) is 14.6. The average Bonchev–Trinajstić information content (AvgIpc) is 3.22. The van der Waals surface area contributed by atoms with Crippen molar-refractivity contribution in [3.05, 3.63) is 23.2 Å². The van der Waals surface area contributed by atoms with Crippen LogP contribution in [-0.2, 0) is 16.4 Å². The highest BCUT2D eigenvalue weighted by Crippen LogP contribution is 2.44. The van der Waals surface area contributed by atoms with Crippen molar-refractivity contribution in [2.75, 3.05) is 9.62 Å². The Hall–Kier alpha value is -2.28. The lowest BCUT2D eigenvalue weighted by molar-refractivity contribution is -0.0429. The topological polar surface area (TPSA) is 99.9 Å². The molecule has 0 amide bonds. The van der Waals surface area contributed by atoms with Crippen molar-refractivity contribution in [3.8, 4) is 0 Å². The summed E-state index contributed by atoms with van der Waals surface area (Å²) in [5.41, 5.74) is -3.05. The predicted octanol–water partition coefficient (Wildman–Crippen LogP) is 5.54. The Kier molecular flexibility index (Phi) is 6.84. The van der Waals surface area contributed by atoms with Crippen LogP contribution in [0.5, 0.6) is 0 Å². The van der Waals surface area contributed by atoms with E-state index >= 15 is 0 Å². The lowest BCUT2D eigenvalue weighted by atomic mass is 9.92. The third-order valence-corrected chi connectivity index (χ3v) is 6.96. The molecule has 3 rings (SSSR count). The molecule has 0 fully saturated rings. The molecular weight excluding hydrogens is 453 g/mol. The van der Waals surface area contributed by atoms with Crippen LogP contribution in [0.4, 0.5) is 35.4 Å². The van der Waals surface area contributed by atoms with Gasteiger partial charge >= 0.3 is 15.5 Å². The van der Waals surface area contributed by atoms with Crippen molar-refractivity contribution < 1.29 is 21.6 Å². The third kappa shape index (κ3) is 4.81. The third-order valence-electron chi connectivity index (χ3n) is 5.30. The maximum atomic E-state index is 13.1. The van der Waals surface area contributed by atoms with E-state index in [0.717, 1.165) is 24.2 Å². The van der Waals surface area contributed by atoms with Crippen LogP contribution < -0.4 is 9.62 Å². The highest BCUT2D eigenvalue weighted by atomic mass is 32.2. The molecule has 0 aliphatic carbocycles. The molecule has 0 radical (unpaired) electrons. The van der Waals surface area contributed by atoms with Gasteiger partial charge < -0.3 is 4.90 Å². The summed E-state index contributed by atoms with van der Waals surface area (Å²) in [6.45, 7) is 6.16. The van der Waals surface area contributed by atoms with Gasteiger partial charge in [-0.1, -0.05) is 25.2 Å². The van der Waals surface area contributed by atoms with Gasteiger partial charge in [-0.2, -0.15) is 21.6 Å². The molecule has 1 atom stereocenters. The number of nitrogens with one attached hydrogen (secondary N) is 1. The van der Waals surface area contributed by atoms with E-state index in [2.05, 4.69) is 32.2 Å². The lowest BCUT2D eigenvalue weighted by Gasteiger charge is -2.43. The Morgan fingerprint density at radius 1 is 1.29 bits per heavy atom. The first-order valence-corrected chi connectivity index (χ1v) is 12.2. The number of halogens is 3. The molecule has 1 N–H and O–H groups in total. The minimum Gasteiger partial charge on any atom is -0.366 e. The second kappa shape index (κ2) is 9.07. The van der Waals surface area contributed by atoms with Gasteiger partial charge in [-0.3, -0.25) is 4.72 Å². The molecular formula is C18H23F3N6O2S2. The number of alkyl halides is 3. The molecule has 0 spiro atoms. The van der Waals surface area contributed by atoms with Crippen molar-refractivity contribution >= 4 is 43.6 Å². The van der Waals surface area contributed by atoms with Crippen LogP contribution in [0.2, 0.25) is 0 Å². The van der Waals surface area contributed by atoms with Crippen molar-refractivity contribution in [2.24, 2.45) is 10.2 Å². The second-order valence-electron chi connectivity index (χ2n) is 7.20. The molecule has 170 valence electrons. The van der Waals surface area contributed by atoms with Crippen LogP contribution in [0.1, 0.15) is 45.6 Å². The number of aromatic nitrogens is 2. The van der Waals surface area contributed by atoms with E-state index in [9.17, 15) is 21.6 Å². The van der Waals surface area contributed by atoms with Crippen molar-refractivity contribution in [3.63, 3.8) is 0 Å². The normalized spacial score (nSPS) is 17.4. The lowest BCUT2D eigenvalue weighted by Crippen LogP contribution is -2.44. The Morgan fingerprint density at radius 3 is 2.58 bits per heavy atom. The molecule has 2 heterocycles. The van der Waals surface area contributed by atoms with Gasteiger partial charge in [0, 0.05) is 23.3 Å². The molecule has 0 bridgehead atoms. The number of fused-ring (bicyclic) bond motifs is 1. The van der Waals surface area contributed by atoms with Crippen LogP contribution in [0.15, 0.2) is 27.9 Å². The van der Waals surface area contributed by atoms with Gasteiger partial charge in [-0.25, -0.2) is 0 Å². The number of hydrogen-bond acceptors (Lipinski definition) is 8. The van der Waals surface area contributed by atoms with Crippen LogP contribution >= 0.6 is 11.3 Å². The fraction of sp³-hybridized carbons (Fsp3) is 0.556. The van der Waals surface area contributed by atoms with Gasteiger partial charge in [0.05, 0.1) is 5.69 Å². The highest BCUT2D eigenvalue weighted by molar-refractivity contribution is 7.93. The summed E-state index contributed by atoms with van der Waals surface area (Å²) in [4.78, 5) is 2.16. The van der Waals surface area contributed by atoms with Gasteiger partial charge in [0.15, 0.2) is 0 Å². The minimum atomic E-state index is -5.64. The molecule has 0 saturated heterocycles. The standard InChI is InChI=1S/C18H23F3N6O2S2/c1-4-12(5-2)27-11(3)6-7-13-15(27)9-8-14(23-25-17-24-22-10-30-17)16(13)26-31(28,29)18(19,20)21/h8-12,26H,4-7H2,1-3H3. The van der Waals surface area contributed by atoms with Crippen LogP contribution in [0.25, 0.3) is 0 Å². The van der Waals surface area contributed by atoms with Gasteiger partial charge in [-0.15, -0.1) is 20.4 Å². The van der Waals surface area contributed by atoms with Crippen molar-refractivity contribution in [1.29, 1.82) is 0 Å². The van der Waals surface area contributed by atoms with Gasteiger partial charge in [0.2, 0.25) is 0 Å². The Balaban J connectivity index is 2.15. The number of nitrogens with zero attached hydrogens (tertiary/aromatic N) is 5. The Labute approximate surface area is 182 Å². The maximum absolute atomic E-state index is 13.1. The van der Waals surface area contributed by atoms with E-state index in [1.165, 1.54) is 11.6 Å². The summed E-state index contributed by atoms with van der Waals surface area (Å²) in [5, 5.41) is 15.4. The maximum Gasteiger partial charge on any atom is 0.516 e. The molecule has 0 saturated carbocycles. The molecule has 31 heavy (non-hydrogen) atoms. The summed E-state index contributed by atoms with van der Waals surface area (Å²) < 4.78 is 65.0. The summed E-state index contributed by atoms with van der Waals surface area (Å²) in [6, 6.07) is 3.59. The minimum absolute atomic E-state index is 0.0131. The molecule has 1 aromatic heterocycles. The van der Waals surface area contributed by atoms with E-state index in [1.54, 1.807) is 10.8 Å². The zero-order valence-corrected chi connectivity index (χ0v) is 18.9. The van der Waals surface area contributed by atoms with Crippen LogP contribution in [0, 0.1) is 0 Å². The number of azo groups is 1. The van der Waals surface area contributed by atoms with Gasteiger partial charge in [0.25, 0.3) is 5.13 Å². The van der Waals surface area contributed by atoms with Crippen molar-refractivity contribution in [2.45, 2.75) is 64.0 Å². The summed E-state index contributed by atoms with van der Waals surface area (Å²) in [7, 11) is -5.64. The fourth-order valence-corrected chi connectivity index (χ4v) is 4.77. The molecule has 2 aromatic rings. The number of anilines is 2. The number of hydrogen-bond donors (Lipinski definition) is 1. The number of rotatable bonds is 7. The van der Waals surface area contributed by atoms with Gasteiger partial charge in [-0.05, 0) is 44.7 Å². The highest BCUT2D eigenvalue weighted by Gasteiger charge is 2.47. The second-order valence-corrected chi connectivity index (χ2v) is 9.68. The molecule has 1 aliphatic heterocycles. The van der Waals surface area contributed by atoms with Crippen LogP contribution in [0.3, 0.4) is 0 Å². The monoisotopic (exact) mass is 476 g/mol. The van der Waals surface area contributed by atoms with E-state index in [1.807, 2.05) is 13.8 Å². The van der Waals surface area contributed by atoms with E-state index < -0.39 is 15.5 Å². The average molecular weight is 477 g/mol.